The van der Waals surface area contributed by atoms with E-state index in [0.717, 1.165) is 5.92 Å². The average molecular weight is 257 g/mol. The van der Waals surface area contributed by atoms with E-state index in [4.69, 9.17) is 0 Å². The van der Waals surface area contributed by atoms with Gasteiger partial charge in [0, 0.05) is 0 Å². The van der Waals surface area contributed by atoms with E-state index in [0.29, 0.717) is 0 Å². The van der Waals surface area contributed by atoms with Gasteiger partial charge < -0.3 is 0 Å². The number of hydrogen-bond acceptors (Lipinski definition) is 0. The maximum Gasteiger partial charge on any atom is -0.0443 e. The Balaban J connectivity index is 0. The first-order valence-corrected chi connectivity index (χ1v) is 8.72. The van der Waals surface area contributed by atoms with Crippen LogP contribution in [0.2, 0.25) is 0 Å². The van der Waals surface area contributed by atoms with Crippen LogP contribution in [0.5, 0.6) is 0 Å². The molecule has 0 heterocycles. The molecular formula is C18H40. The minimum atomic E-state index is 1.05. The van der Waals surface area contributed by atoms with E-state index in [2.05, 4.69) is 34.6 Å². The fourth-order valence-corrected chi connectivity index (χ4v) is 2.16. The third kappa shape index (κ3) is 21.3. The molecule has 1 rings (SSSR count). The number of hydrogen-bond donors (Lipinski definition) is 0. The first kappa shape index (κ1) is 20.3. The lowest BCUT2D eigenvalue weighted by Gasteiger charge is -1.91. The van der Waals surface area contributed by atoms with Crippen LogP contribution in [0.4, 0.5) is 0 Å². The molecule has 0 amide bonds. The van der Waals surface area contributed by atoms with Crippen LogP contribution in [0.15, 0.2) is 0 Å². The van der Waals surface area contributed by atoms with Crippen LogP contribution < -0.4 is 0 Å². The first-order chi connectivity index (χ1) is 8.72. The second kappa shape index (κ2) is 19.3. The quantitative estimate of drug-likeness (QED) is 0.435. The molecule has 0 saturated heterocycles. The van der Waals surface area contributed by atoms with Crippen LogP contribution in [0.25, 0.3) is 0 Å². The molecule has 1 aliphatic carbocycles. The van der Waals surface area contributed by atoms with Crippen molar-refractivity contribution in [3.63, 3.8) is 0 Å². The summed E-state index contributed by atoms with van der Waals surface area (Å²) in [5, 5.41) is 0. The summed E-state index contributed by atoms with van der Waals surface area (Å²) >= 11 is 0. The maximum atomic E-state index is 2.34. The van der Waals surface area contributed by atoms with Crippen LogP contribution >= 0.6 is 0 Å². The van der Waals surface area contributed by atoms with Crippen LogP contribution in [-0.2, 0) is 0 Å². The van der Waals surface area contributed by atoms with Gasteiger partial charge in [-0.3, -0.25) is 0 Å². The SMILES string of the molecule is CC1CCCC1.CCCCC.CCCCCCC. The average Bonchev–Trinajstić information content (AvgIpc) is 2.84. The van der Waals surface area contributed by atoms with Crippen LogP contribution in [-0.4, -0.2) is 0 Å². The van der Waals surface area contributed by atoms with E-state index in [9.17, 15) is 0 Å². The Hall–Kier alpha value is 0. The molecular weight excluding hydrogens is 216 g/mol. The molecule has 0 nitrogen and oxygen atoms in total. The summed E-state index contributed by atoms with van der Waals surface area (Å²) in [5.41, 5.74) is 0. The van der Waals surface area contributed by atoms with E-state index >= 15 is 0 Å². The monoisotopic (exact) mass is 256 g/mol. The second-order valence-electron chi connectivity index (χ2n) is 5.80. The van der Waals surface area contributed by atoms with Gasteiger partial charge in [0.1, 0.15) is 0 Å². The summed E-state index contributed by atoms with van der Waals surface area (Å²) in [4.78, 5) is 0. The van der Waals surface area contributed by atoms with Crippen molar-refractivity contribution in [3.05, 3.63) is 0 Å². The fourth-order valence-electron chi connectivity index (χ4n) is 2.16. The molecule has 0 unspecified atom stereocenters. The third-order valence-electron chi connectivity index (χ3n) is 3.56. The molecule has 0 aromatic carbocycles. The Morgan fingerprint density at radius 1 is 0.611 bits per heavy atom. The third-order valence-corrected chi connectivity index (χ3v) is 3.56. The Bertz CT molecular complexity index is 105. The summed E-state index contributed by atoms with van der Waals surface area (Å²) < 4.78 is 0. The zero-order chi connectivity index (χ0) is 14.1. The van der Waals surface area contributed by atoms with Gasteiger partial charge >= 0.3 is 0 Å². The van der Waals surface area contributed by atoms with Gasteiger partial charge in [-0.1, -0.05) is 112 Å². The minimum absolute atomic E-state index is 1.05. The predicted molar refractivity (Wildman–Crippen MR) is 87.3 cm³/mol. The number of rotatable bonds is 6. The van der Waals surface area contributed by atoms with Gasteiger partial charge in [0.2, 0.25) is 0 Å². The van der Waals surface area contributed by atoms with Gasteiger partial charge in [-0.2, -0.15) is 0 Å². The topological polar surface area (TPSA) is 0 Å². The van der Waals surface area contributed by atoms with E-state index in [1.54, 1.807) is 0 Å². The molecule has 0 atom stereocenters. The van der Waals surface area contributed by atoms with E-state index in [1.165, 1.54) is 77.0 Å². The molecule has 1 aliphatic rings. The van der Waals surface area contributed by atoms with E-state index in [1.807, 2.05) is 0 Å². The highest BCUT2D eigenvalue weighted by Gasteiger charge is 2.07. The smallest absolute Gasteiger partial charge is 0.0443 e. The van der Waals surface area contributed by atoms with Crippen molar-refractivity contribution in [3.8, 4) is 0 Å². The van der Waals surface area contributed by atoms with Crippen molar-refractivity contribution >= 4 is 0 Å². The molecule has 0 N–H and O–H groups in total. The Kier molecular flexibility index (Phi) is 21.8. The van der Waals surface area contributed by atoms with Crippen molar-refractivity contribution in [1.82, 2.24) is 0 Å². The number of unbranched alkanes of at least 4 members (excludes halogenated alkanes) is 6. The first-order valence-electron chi connectivity index (χ1n) is 8.72. The standard InChI is InChI=1S/C7H16.C6H12.C5H12/c1-3-5-7-6-4-2;1-6-4-2-3-5-6;1-3-5-4-2/h3-7H2,1-2H3;6H,2-5H2,1H3;3-5H2,1-2H3. The zero-order valence-corrected chi connectivity index (χ0v) is 14.1. The molecule has 0 spiro atoms. The largest absolute Gasteiger partial charge is 0.0654 e. The Morgan fingerprint density at radius 3 is 1.17 bits per heavy atom. The van der Waals surface area contributed by atoms with E-state index in [-0.39, 0.29) is 0 Å². The Morgan fingerprint density at radius 2 is 1.00 bits per heavy atom. The van der Waals surface area contributed by atoms with Crippen LogP contribution in [0.1, 0.15) is 112 Å². The molecule has 0 radical (unpaired) electrons. The summed E-state index contributed by atoms with van der Waals surface area (Å²) in [6, 6.07) is 0. The van der Waals surface area contributed by atoms with Gasteiger partial charge in [0.15, 0.2) is 0 Å². The van der Waals surface area contributed by atoms with Gasteiger partial charge in [0.05, 0.1) is 0 Å². The van der Waals surface area contributed by atoms with Gasteiger partial charge in [-0.25, -0.2) is 0 Å². The Labute approximate surface area is 118 Å². The molecule has 1 saturated carbocycles. The van der Waals surface area contributed by atoms with Crippen molar-refractivity contribution < 1.29 is 0 Å². The highest BCUT2D eigenvalue weighted by atomic mass is 14.1. The van der Waals surface area contributed by atoms with Crippen LogP contribution in [0, 0.1) is 5.92 Å². The molecule has 0 aromatic heterocycles. The highest BCUT2D eigenvalue weighted by molar-refractivity contribution is 4.60. The van der Waals surface area contributed by atoms with E-state index < -0.39 is 0 Å². The zero-order valence-electron chi connectivity index (χ0n) is 14.1. The fraction of sp³-hybridized carbons (Fsp3) is 1.00. The summed E-state index contributed by atoms with van der Waals surface area (Å²) in [7, 11) is 0. The van der Waals surface area contributed by atoms with Crippen molar-refractivity contribution in [2.45, 2.75) is 112 Å². The molecule has 1 fully saturated rings. The maximum absolute atomic E-state index is 2.34. The van der Waals surface area contributed by atoms with Crippen molar-refractivity contribution in [2.75, 3.05) is 0 Å². The molecule has 0 aromatic rings. The molecule has 0 heteroatoms. The van der Waals surface area contributed by atoms with Crippen molar-refractivity contribution in [1.29, 1.82) is 0 Å². The normalized spacial score (nSPS) is 14.5. The lowest BCUT2D eigenvalue weighted by molar-refractivity contribution is 0.612. The lowest BCUT2D eigenvalue weighted by atomic mass is 10.2. The van der Waals surface area contributed by atoms with Gasteiger partial charge in [-0.05, 0) is 5.92 Å². The molecule has 112 valence electrons. The summed E-state index contributed by atoms with van der Waals surface area (Å²) in [5.74, 6) is 1.05. The molecule has 0 aliphatic heterocycles. The van der Waals surface area contributed by atoms with Gasteiger partial charge in [0.25, 0.3) is 0 Å². The van der Waals surface area contributed by atoms with Gasteiger partial charge in [-0.15, -0.1) is 0 Å². The lowest BCUT2D eigenvalue weighted by Crippen LogP contribution is -1.78. The molecule has 0 bridgehead atoms. The molecule has 18 heavy (non-hydrogen) atoms. The summed E-state index contributed by atoms with van der Waals surface area (Å²) in [6.07, 6.45) is 17.0. The van der Waals surface area contributed by atoms with Crippen molar-refractivity contribution in [2.24, 2.45) is 5.92 Å². The predicted octanol–water partition coefficient (Wildman–Crippen LogP) is 7.37. The van der Waals surface area contributed by atoms with Crippen LogP contribution in [0.3, 0.4) is 0 Å². The second-order valence-corrected chi connectivity index (χ2v) is 5.80. The summed E-state index contributed by atoms with van der Waals surface area (Å²) in [6.45, 7) is 11.3. The highest BCUT2D eigenvalue weighted by Crippen LogP contribution is 2.22. The minimum Gasteiger partial charge on any atom is -0.0654 e.